The molecule has 1 heterocycles. The summed E-state index contributed by atoms with van der Waals surface area (Å²) in [6, 6.07) is 8.25. The van der Waals surface area contributed by atoms with Crippen molar-refractivity contribution in [2.24, 2.45) is 0 Å². The number of hydrogen-bond acceptors (Lipinski definition) is 2. The lowest BCUT2D eigenvalue weighted by molar-refractivity contribution is 0.734. The van der Waals surface area contributed by atoms with Gasteiger partial charge in [0.2, 0.25) is 0 Å². The maximum atomic E-state index is 7.90. The van der Waals surface area contributed by atoms with Crippen LogP contribution < -0.4 is 4.80 Å². The standard InChI is InChI=1S/C12H13BrN2S/c1-3-15-11(8(2)16-12(15)14)9-4-6-10(13)7-5-9/h4-7,14H,3H2,1-2H3. The third kappa shape index (κ3) is 1.99. The molecule has 0 saturated carbocycles. The van der Waals surface area contributed by atoms with Crippen molar-refractivity contribution in [1.29, 1.82) is 5.41 Å². The second-order valence-corrected chi connectivity index (χ2v) is 5.68. The predicted molar refractivity (Wildman–Crippen MR) is 71.7 cm³/mol. The Bertz CT molecular complexity index is 551. The molecule has 0 unspecified atom stereocenters. The number of benzene rings is 1. The van der Waals surface area contributed by atoms with Gasteiger partial charge < -0.3 is 4.57 Å². The lowest BCUT2D eigenvalue weighted by Crippen LogP contribution is -2.12. The smallest absolute Gasteiger partial charge is 0.182 e. The van der Waals surface area contributed by atoms with Crippen molar-refractivity contribution in [3.8, 4) is 11.3 Å². The highest BCUT2D eigenvalue weighted by Gasteiger charge is 2.10. The van der Waals surface area contributed by atoms with E-state index in [2.05, 4.69) is 41.9 Å². The highest BCUT2D eigenvalue weighted by molar-refractivity contribution is 9.10. The van der Waals surface area contributed by atoms with Gasteiger partial charge in [-0.1, -0.05) is 28.1 Å². The van der Waals surface area contributed by atoms with Crippen LogP contribution in [0.5, 0.6) is 0 Å². The van der Waals surface area contributed by atoms with E-state index in [1.807, 2.05) is 16.7 Å². The molecule has 0 aliphatic rings. The molecule has 1 aromatic carbocycles. The first kappa shape index (κ1) is 11.6. The molecule has 2 aromatic rings. The summed E-state index contributed by atoms with van der Waals surface area (Å²) in [5.74, 6) is 0. The van der Waals surface area contributed by atoms with Crippen LogP contribution in [0.25, 0.3) is 11.3 Å². The summed E-state index contributed by atoms with van der Waals surface area (Å²) >= 11 is 4.97. The summed E-state index contributed by atoms with van der Waals surface area (Å²) < 4.78 is 3.13. The number of halogens is 1. The lowest BCUT2D eigenvalue weighted by atomic mass is 10.1. The van der Waals surface area contributed by atoms with Crippen molar-refractivity contribution >= 4 is 27.3 Å². The van der Waals surface area contributed by atoms with Crippen molar-refractivity contribution in [1.82, 2.24) is 4.57 Å². The van der Waals surface area contributed by atoms with Gasteiger partial charge in [-0.2, -0.15) is 0 Å². The third-order valence-electron chi connectivity index (χ3n) is 2.53. The highest BCUT2D eigenvalue weighted by atomic mass is 79.9. The van der Waals surface area contributed by atoms with E-state index >= 15 is 0 Å². The first-order valence-electron chi connectivity index (χ1n) is 5.14. The molecule has 0 amide bonds. The van der Waals surface area contributed by atoms with Crippen LogP contribution in [-0.2, 0) is 6.54 Å². The Morgan fingerprint density at radius 2 is 1.94 bits per heavy atom. The number of nitrogens with zero attached hydrogens (tertiary/aromatic N) is 1. The van der Waals surface area contributed by atoms with Gasteiger partial charge in [0.1, 0.15) is 0 Å². The van der Waals surface area contributed by atoms with Crippen LogP contribution in [-0.4, -0.2) is 4.57 Å². The second-order valence-electron chi connectivity index (χ2n) is 3.56. The molecule has 0 spiro atoms. The molecule has 16 heavy (non-hydrogen) atoms. The lowest BCUT2D eigenvalue weighted by Gasteiger charge is -2.07. The minimum absolute atomic E-state index is 0.623. The minimum Gasteiger partial charge on any atom is -0.317 e. The van der Waals surface area contributed by atoms with E-state index < -0.39 is 0 Å². The van der Waals surface area contributed by atoms with E-state index in [1.54, 1.807) is 0 Å². The van der Waals surface area contributed by atoms with Gasteiger partial charge in [-0.15, -0.1) is 11.3 Å². The molecule has 0 radical (unpaired) electrons. The normalized spacial score (nSPS) is 10.7. The Labute approximate surface area is 107 Å². The van der Waals surface area contributed by atoms with E-state index in [4.69, 9.17) is 5.41 Å². The summed E-state index contributed by atoms with van der Waals surface area (Å²) in [5.41, 5.74) is 2.35. The molecule has 2 rings (SSSR count). The zero-order valence-corrected chi connectivity index (χ0v) is 11.7. The predicted octanol–water partition coefficient (Wildman–Crippen LogP) is 3.79. The van der Waals surface area contributed by atoms with E-state index in [1.165, 1.54) is 27.5 Å². The minimum atomic E-state index is 0.623. The van der Waals surface area contributed by atoms with Gasteiger partial charge in [-0.3, -0.25) is 5.41 Å². The van der Waals surface area contributed by atoms with Crippen LogP contribution in [0.4, 0.5) is 0 Å². The number of aryl methyl sites for hydroxylation is 1. The molecule has 0 bridgehead atoms. The molecule has 1 N–H and O–H groups in total. The SMILES string of the molecule is CCn1c(-c2ccc(Br)cc2)c(C)sc1=N. The number of nitrogens with one attached hydrogen (secondary N) is 1. The zero-order valence-electron chi connectivity index (χ0n) is 9.25. The van der Waals surface area contributed by atoms with Crippen LogP contribution in [0.2, 0.25) is 0 Å². The first-order valence-corrected chi connectivity index (χ1v) is 6.75. The van der Waals surface area contributed by atoms with Crippen molar-refractivity contribution in [2.75, 3.05) is 0 Å². The van der Waals surface area contributed by atoms with E-state index in [9.17, 15) is 0 Å². The largest absolute Gasteiger partial charge is 0.317 e. The Balaban J connectivity index is 2.63. The first-order chi connectivity index (χ1) is 7.63. The third-order valence-corrected chi connectivity index (χ3v) is 3.97. The Hall–Kier alpha value is -0.870. The van der Waals surface area contributed by atoms with Crippen LogP contribution in [0.1, 0.15) is 11.8 Å². The fourth-order valence-corrected chi connectivity index (χ4v) is 3.02. The maximum absolute atomic E-state index is 7.90. The number of aromatic nitrogens is 1. The Morgan fingerprint density at radius 3 is 2.50 bits per heavy atom. The van der Waals surface area contributed by atoms with Crippen LogP contribution in [0, 0.1) is 12.3 Å². The van der Waals surface area contributed by atoms with Gasteiger partial charge >= 0.3 is 0 Å². The fraction of sp³-hybridized carbons (Fsp3) is 0.250. The highest BCUT2D eigenvalue weighted by Crippen LogP contribution is 2.26. The summed E-state index contributed by atoms with van der Waals surface area (Å²) in [7, 11) is 0. The van der Waals surface area contributed by atoms with Gasteiger partial charge in [-0.25, -0.2) is 0 Å². The zero-order chi connectivity index (χ0) is 11.7. The van der Waals surface area contributed by atoms with Crippen LogP contribution >= 0.6 is 27.3 Å². The molecule has 0 aliphatic carbocycles. The summed E-state index contributed by atoms with van der Waals surface area (Å²) in [6.45, 7) is 4.99. The summed E-state index contributed by atoms with van der Waals surface area (Å²) in [4.78, 5) is 1.83. The number of thiazole rings is 1. The van der Waals surface area contributed by atoms with Crippen LogP contribution in [0.15, 0.2) is 28.7 Å². The van der Waals surface area contributed by atoms with E-state index in [-0.39, 0.29) is 0 Å². The van der Waals surface area contributed by atoms with Gasteiger partial charge in [0.15, 0.2) is 4.80 Å². The average Bonchev–Trinajstić information content (AvgIpc) is 2.54. The second kappa shape index (κ2) is 4.55. The van der Waals surface area contributed by atoms with Crippen molar-refractivity contribution in [2.45, 2.75) is 20.4 Å². The quantitative estimate of drug-likeness (QED) is 0.874. The van der Waals surface area contributed by atoms with Gasteiger partial charge in [-0.05, 0) is 31.5 Å². The molecule has 0 fully saturated rings. The monoisotopic (exact) mass is 296 g/mol. The van der Waals surface area contributed by atoms with Crippen molar-refractivity contribution in [3.63, 3.8) is 0 Å². The summed E-state index contributed by atoms with van der Waals surface area (Å²) in [6.07, 6.45) is 0. The Morgan fingerprint density at radius 1 is 1.31 bits per heavy atom. The number of rotatable bonds is 2. The molecule has 0 aliphatic heterocycles. The molecular weight excluding hydrogens is 284 g/mol. The van der Waals surface area contributed by atoms with Gasteiger partial charge in [0.25, 0.3) is 0 Å². The molecule has 2 nitrogen and oxygen atoms in total. The maximum Gasteiger partial charge on any atom is 0.182 e. The van der Waals surface area contributed by atoms with Gasteiger partial charge in [0, 0.05) is 15.9 Å². The van der Waals surface area contributed by atoms with E-state index in [0.29, 0.717) is 4.80 Å². The molecule has 4 heteroatoms. The topological polar surface area (TPSA) is 28.8 Å². The molecule has 0 atom stereocenters. The molecule has 84 valence electrons. The van der Waals surface area contributed by atoms with Crippen molar-refractivity contribution < 1.29 is 0 Å². The van der Waals surface area contributed by atoms with Gasteiger partial charge in [0.05, 0.1) is 5.69 Å². The fourth-order valence-electron chi connectivity index (χ4n) is 1.81. The average molecular weight is 297 g/mol. The Kier molecular flexibility index (Phi) is 3.30. The molecular formula is C12H13BrN2S. The van der Waals surface area contributed by atoms with Crippen LogP contribution in [0.3, 0.4) is 0 Å². The molecule has 0 saturated heterocycles. The number of hydrogen-bond donors (Lipinski definition) is 1. The summed E-state index contributed by atoms with van der Waals surface area (Å²) in [5, 5.41) is 7.90. The van der Waals surface area contributed by atoms with Crippen molar-refractivity contribution in [3.05, 3.63) is 38.4 Å². The van der Waals surface area contributed by atoms with E-state index in [0.717, 1.165) is 11.0 Å². The molecule has 1 aromatic heterocycles.